The molecule has 0 saturated heterocycles. The van der Waals surface area contributed by atoms with Gasteiger partial charge < -0.3 is 0 Å². The van der Waals surface area contributed by atoms with E-state index in [9.17, 15) is 9.18 Å². The van der Waals surface area contributed by atoms with Gasteiger partial charge in [0.2, 0.25) is 5.91 Å². The van der Waals surface area contributed by atoms with E-state index in [0.717, 1.165) is 25.7 Å². The zero-order valence-electron chi connectivity index (χ0n) is 13.8. The number of carbonyl (C=O) groups excluding carboxylic acids is 1. The average molecular weight is 338 g/mol. The fourth-order valence-electron chi connectivity index (χ4n) is 3.55. The van der Waals surface area contributed by atoms with Gasteiger partial charge in [-0.15, -0.1) is 0 Å². The molecule has 5 nitrogen and oxygen atoms in total. The first-order valence-electron chi connectivity index (χ1n) is 8.60. The summed E-state index contributed by atoms with van der Waals surface area (Å²) >= 11 is 0. The Labute approximate surface area is 144 Å². The van der Waals surface area contributed by atoms with Gasteiger partial charge in [0.25, 0.3) is 0 Å². The molecule has 1 aliphatic carbocycles. The quantitative estimate of drug-likeness (QED) is 0.772. The number of nitrogens with zero attached hydrogens (tertiary/aromatic N) is 3. The van der Waals surface area contributed by atoms with E-state index in [2.05, 4.69) is 15.2 Å². The van der Waals surface area contributed by atoms with E-state index in [1.165, 1.54) is 12.5 Å². The smallest absolute Gasteiger partial charge is 0.234 e. The third kappa shape index (κ3) is 2.99. The summed E-state index contributed by atoms with van der Waals surface area (Å²) in [5.74, 6) is -0.442. The van der Waals surface area contributed by atoms with Crippen LogP contribution in [0.15, 0.2) is 42.9 Å². The maximum atomic E-state index is 14.4. The van der Waals surface area contributed by atoms with Crippen molar-refractivity contribution in [1.82, 2.24) is 15.2 Å². The molecule has 1 fully saturated rings. The summed E-state index contributed by atoms with van der Waals surface area (Å²) in [5.41, 5.74) is 1.51. The second-order valence-corrected chi connectivity index (χ2v) is 6.48. The van der Waals surface area contributed by atoms with Crippen LogP contribution in [0, 0.1) is 11.7 Å². The van der Waals surface area contributed by atoms with Gasteiger partial charge in [-0.2, -0.15) is 5.10 Å². The molecule has 25 heavy (non-hydrogen) atoms. The second kappa shape index (κ2) is 6.63. The van der Waals surface area contributed by atoms with E-state index >= 15 is 0 Å². The lowest BCUT2D eigenvalue weighted by atomic mass is 9.88. The van der Waals surface area contributed by atoms with Crippen LogP contribution in [-0.2, 0) is 4.79 Å². The van der Waals surface area contributed by atoms with Gasteiger partial charge in [-0.1, -0.05) is 19.3 Å². The number of carbonyl (C=O) groups is 1. The Morgan fingerprint density at radius 3 is 2.76 bits per heavy atom. The molecule has 0 atom stereocenters. The number of pyridine rings is 1. The minimum atomic E-state index is -0.421. The molecule has 3 aromatic rings. The summed E-state index contributed by atoms with van der Waals surface area (Å²) in [6, 6.07) is 6.78. The van der Waals surface area contributed by atoms with Gasteiger partial charge in [0.15, 0.2) is 5.82 Å². The zero-order chi connectivity index (χ0) is 17.2. The molecule has 128 valence electrons. The van der Waals surface area contributed by atoms with Crippen LogP contribution < -0.4 is 4.90 Å². The van der Waals surface area contributed by atoms with Crippen LogP contribution in [0.25, 0.3) is 10.9 Å². The molecular weight excluding hydrogens is 319 g/mol. The van der Waals surface area contributed by atoms with Crippen molar-refractivity contribution >= 4 is 28.2 Å². The van der Waals surface area contributed by atoms with Crippen LogP contribution in [-0.4, -0.2) is 21.1 Å². The van der Waals surface area contributed by atoms with Crippen LogP contribution >= 0.6 is 0 Å². The summed E-state index contributed by atoms with van der Waals surface area (Å²) in [7, 11) is 0. The first-order valence-corrected chi connectivity index (χ1v) is 8.60. The second-order valence-electron chi connectivity index (χ2n) is 6.48. The van der Waals surface area contributed by atoms with Crippen molar-refractivity contribution in [2.45, 2.75) is 32.1 Å². The van der Waals surface area contributed by atoms with Gasteiger partial charge in [-0.25, -0.2) is 4.39 Å². The number of fused-ring (bicyclic) bond motifs is 1. The number of halogens is 1. The van der Waals surface area contributed by atoms with Crippen molar-refractivity contribution < 1.29 is 9.18 Å². The fraction of sp³-hybridized carbons (Fsp3) is 0.316. The number of hydrogen-bond acceptors (Lipinski definition) is 3. The highest BCUT2D eigenvalue weighted by Crippen LogP contribution is 2.34. The predicted molar refractivity (Wildman–Crippen MR) is 94.0 cm³/mol. The molecule has 0 radical (unpaired) electrons. The SMILES string of the molecule is O=C(C1CCCCC1)N(c1cccnc1)c1cc(F)c2[nH]ncc2c1. The molecule has 6 heteroatoms. The molecule has 2 aromatic heterocycles. The fourth-order valence-corrected chi connectivity index (χ4v) is 3.55. The van der Waals surface area contributed by atoms with Crippen LogP contribution in [0.2, 0.25) is 0 Å². The van der Waals surface area contributed by atoms with E-state index in [4.69, 9.17) is 0 Å². The van der Waals surface area contributed by atoms with Crippen molar-refractivity contribution in [3.05, 3.63) is 48.7 Å². The van der Waals surface area contributed by atoms with Gasteiger partial charge in [0.05, 0.1) is 23.8 Å². The Morgan fingerprint density at radius 2 is 2.00 bits per heavy atom. The largest absolute Gasteiger partial charge is 0.279 e. The van der Waals surface area contributed by atoms with Crippen LogP contribution in [0.1, 0.15) is 32.1 Å². The highest BCUT2D eigenvalue weighted by Gasteiger charge is 2.29. The minimum Gasteiger partial charge on any atom is -0.279 e. The van der Waals surface area contributed by atoms with Crippen molar-refractivity contribution in [2.24, 2.45) is 5.92 Å². The summed E-state index contributed by atoms with van der Waals surface area (Å²) < 4.78 is 14.4. The lowest BCUT2D eigenvalue weighted by Gasteiger charge is -2.29. The molecule has 0 spiro atoms. The van der Waals surface area contributed by atoms with E-state index in [1.807, 2.05) is 6.07 Å². The third-order valence-electron chi connectivity index (χ3n) is 4.82. The Hall–Kier alpha value is -2.76. The molecule has 0 bridgehead atoms. The normalized spacial score (nSPS) is 15.4. The van der Waals surface area contributed by atoms with E-state index in [0.29, 0.717) is 22.3 Å². The Bertz CT molecular complexity index is 887. The van der Waals surface area contributed by atoms with Crippen molar-refractivity contribution in [3.63, 3.8) is 0 Å². The van der Waals surface area contributed by atoms with Crippen LogP contribution in [0.4, 0.5) is 15.8 Å². The number of amides is 1. The summed E-state index contributed by atoms with van der Waals surface area (Å²) in [5, 5.41) is 7.17. The number of benzene rings is 1. The minimum absolute atomic E-state index is 0.00921. The Kier molecular flexibility index (Phi) is 4.17. The van der Waals surface area contributed by atoms with Gasteiger partial charge in [0.1, 0.15) is 5.52 Å². The lowest BCUT2D eigenvalue weighted by molar-refractivity contribution is -0.122. The maximum absolute atomic E-state index is 14.4. The van der Waals surface area contributed by atoms with Gasteiger partial charge in [-0.05, 0) is 31.0 Å². The van der Waals surface area contributed by atoms with E-state index < -0.39 is 5.82 Å². The summed E-state index contributed by atoms with van der Waals surface area (Å²) in [6.45, 7) is 0. The number of hydrogen-bond donors (Lipinski definition) is 1. The monoisotopic (exact) mass is 338 g/mol. The van der Waals surface area contributed by atoms with Crippen LogP contribution in [0.5, 0.6) is 0 Å². The Morgan fingerprint density at radius 1 is 1.16 bits per heavy atom. The summed E-state index contributed by atoms with van der Waals surface area (Å²) in [6.07, 6.45) is 9.92. The number of rotatable bonds is 3. The third-order valence-corrected chi connectivity index (χ3v) is 4.82. The highest BCUT2D eigenvalue weighted by atomic mass is 19.1. The maximum Gasteiger partial charge on any atom is 0.234 e. The van der Waals surface area contributed by atoms with Crippen LogP contribution in [0.3, 0.4) is 0 Å². The summed E-state index contributed by atoms with van der Waals surface area (Å²) in [4.78, 5) is 19.0. The molecule has 4 rings (SSSR count). The predicted octanol–water partition coefficient (Wildman–Crippen LogP) is 4.34. The lowest BCUT2D eigenvalue weighted by Crippen LogP contribution is -2.33. The van der Waals surface area contributed by atoms with Gasteiger partial charge in [0, 0.05) is 23.6 Å². The van der Waals surface area contributed by atoms with Crippen molar-refractivity contribution in [2.75, 3.05) is 4.90 Å². The van der Waals surface area contributed by atoms with Gasteiger partial charge >= 0.3 is 0 Å². The number of aromatic amines is 1. The van der Waals surface area contributed by atoms with E-state index in [1.54, 1.807) is 35.6 Å². The topological polar surface area (TPSA) is 61.9 Å². The molecule has 0 aliphatic heterocycles. The van der Waals surface area contributed by atoms with Gasteiger partial charge in [-0.3, -0.25) is 19.8 Å². The first kappa shape index (κ1) is 15.7. The first-order chi connectivity index (χ1) is 12.2. The molecule has 2 heterocycles. The average Bonchev–Trinajstić information content (AvgIpc) is 3.13. The molecular formula is C19H19FN4O. The van der Waals surface area contributed by atoms with Crippen molar-refractivity contribution in [3.8, 4) is 0 Å². The number of H-pyrrole nitrogens is 1. The number of aromatic nitrogens is 3. The molecule has 0 unspecified atom stereocenters. The number of anilines is 2. The zero-order valence-corrected chi connectivity index (χ0v) is 13.8. The molecule has 1 amide bonds. The highest BCUT2D eigenvalue weighted by molar-refractivity contribution is 6.03. The molecule has 1 saturated carbocycles. The van der Waals surface area contributed by atoms with Crippen molar-refractivity contribution in [1.29, 1.82) is 0 Å². The molecule has 1 aliphatic rings. The molecule has 1 N–H and O–H groups in total. The number of nitrogens with one attached hydrogen (secondary N) is 1. The standard InChI is InChI=1S/C19H19FN4O/c20-17-10-16(9-14-11-22-23-18(14)17)24(15-7-4-8-21-12-15)19(25)13-5-2-1-3-6-13/h4,7-13H,1-3,5-6H2,(H,22,23). The van der Waals surface area contributed by atoms with E-state index in [-0.39, 0.29) is 11.8 Å². The molecule has 1 aromatic carbocycles. The Balaban J connectivity index is 1.80.